The van der Waals surface area contributed by atoms with Crippen molar-refractivity contribution in [3.05, 3.63) is 0 Å². The van der Waals surface area contributed by atoms with E-state index in [1.54, 1.807) is 7.11 Å². The van der Waals surface area contributed by atoms with Gasteiger partial charge in [-0.25, -0.2) is 0 Å². The summed E-state index contributed by atoms with van der Waals surface area (Å²) in [6.07, 6.45) is 2.03. The molecule has 0 aromatic carbocycles. The third kappa shape index (κ3) is 3.19. The number of carbonyl (C=O) groups excluding carboxylic acids is 1. The van der Waals surface area contributed by atoms with E-state index in [4.69, 9.17) is 4.74 Å². The van der Waals surface area contributed by atoms with Gasteiger partial charge in [0.05, 0.1) is 12.2 Å². The minimum absolute atomic E-state index is 0.0232. The van der Waals surface area contributed by atoms with Crippen LogP contribution in [0.3, 0.4) is 0 Å². The predicted octanol–water partition coefficient (Wildman–Crippen LogP) is 1.60. The van der Waals surface area contributed by atoms with E-state index in [1.165, 1.54) is 0 Å². The number of nitrogens with one attached hydrogen (secondary N) is 1. The molecule has 1 rings (SSSR count). The molecule has 1 fully saturated rings. The van der Waals surface area contributed by atoms with E-state index in [9.17, 15) is 4.79 Å². The fourth-order valence-electron chi connectivity index (χ4n) is 2.42. The van der Waals surface area contributed by atoms with Crippen molar-refractivity contribution in [3.63, 3.8) is 0 Å². The van der Waals surface area contributed by atoms with E-state index in [0.717, 1.165) is 12.8 Å². The molecule has 4 heteroatoms. The maximum atomic E-state index is 12.3. The summed E-state index contributed by atoms with van der Waals surface area (Å²) in [5.41, 5.74) is 0. The van der Waals surface area contributed by atoms with E-state index in [0.29, 0.717) is 12.5 Å². The van der Waals surface area contributed by atoms with E-state index in [2.05, 4.69) is 33.0 Å². The van der Waals surface area contributed by atoms with E-state index in [1.807, 2.05) is 4.90 Å². The van der Waals surface area contributed by atoms with Gasteiger partial charge in [-0.2, -0.15) is 0 Å². The normalized spacial score (nSPS) is 26.9. The van der Waals surface area contributed by atoms with Crippen LogP contribution in [0.1, 0.15) is 40.5 Å². The molecule has 1 aliphatic heterocycles. The Morgan fingerprint density at radius 1 is 1.41 bits per heavy atom. The summed E-state index contributed by atoms with van der Waals surface area (Å²) in [7, 11) is 1.70. The summed E-state index contributed by atoms with van der Waals surface area (Å²) in [6.45, 7) is 9.10. The lowest BCUT2D eigenvalue weighted by Gasteiger charge is -2.29. The van der Waals surface area contributed by atoms with Crippen LogP contribution in [-0.2, 0) is 9.53 Å². The molecule has 3 atom stereocenters. The molecule has 4 nitrogen and oxygen atoms in total. The fourth-order valence-corrected chi connectivity index (χ4v) is 2.42. The van der Waals surface area contributed by atoms with Gasteiger partial charge in [0, 0.05) is 19.8 Å². The number of nitrogens with zero attached hydrogens (tertiary/aromatic N) is 1. The molecule has 1 heterocycles. The van der Waals surface area contributed by atoms with Gasteiger partial charge in [-0.15, -0.1) is 0 Å². The van der Waals surface area contributed by atoms with Crippen molar-refractivity contribution in [2.24, 2.45) is 5.92 Å². The molecule has 0 aromatic heterocycles. The van der Waals surface area contributed by atoms with Gasteiger partial charge >= 0.3 is 0 Å². The lowest BCUT2D eigenvalue weighted by Crippen LogP contribution is -2.43. The summed E-state index contributed by atoms with van der Waals surface area (Å²) < 4.78 is 5.09. The Bertz CT molecular complexity index is 256. The number of carbonyl (C=O) groups is 1. The Kier molecular flexibility index (Phi) is 5.40. The average Bonchev–Trinajstić information content (AvgIpc) is 2.63. The number of amides is 1. The van der Waals surface area contributed by atoms with Gasteiger partial charge in [-0.1, -0.05) is 20.8 Å². The molecule has 0 radical (unpaired) electrons. The van der Waals surface area contributed by atoms with Crippen LogP contribution in [-0.4, -0.2) is 42.8 Å². The zero-order chi connectivity index (χ0) is 13.0. The maximum Gasteiger partial charge on any atom is 0.241 e. The van der Waals surface area contributed by atoms with Crippen molar-refractivity contribution in [1.29, 1.82) is 0 Å². The SMILES string of the molecule is CCC1NC(C(C)C)C(=O)N1C(C)CCOC. The van der Waals surface area contributed by atoms with Crippen LogP contribution < -0.4 is 5.32 Å². The van der Waals surface area contributed by atoms with Gasteiger partial charge < -0.3 is 9.64 Å². The molecule has 0 saturated carbocycles. The van der Waals surface area contributed by atoms with E-state index >= 15 is 0 Å². The maximum absolute atomic E-state index is 12.3. The number of rotatable bonds is 6. The minimum atomic E-state index is -0.0232. The van der Waals surface area contributed by atoms with Gasteiger partial charge in [0.2, 0.25) is 5.91 Å². The van der Waals surface area contributed by atoms with E-state index < -0.39 is 0 Å². The zero-order valence-electron chi connectivity index (χ0n) is 11.7. The second-order valence-electron chi connectivity index (χ2n) is 5.19. The molecular weight excluding hydrogens is 216 g/mol. The van der Waals surface area contributed by atoms with Crippen molar-refractivity contribution >= 4 is 5.91 Å². The van der Waals surface area contributed by atoms with Crippen molar-refractivity contribution in [1.82, 2.24) is 10.2 Å². The van der Waals surface area contributed by atoms with Crippen molar-refractivity contribution in [2.75, 3.05) is 13.7 Å². The van der Waals surface area contributed by atoms with Crippen molar-refractivity contribution in [3.8, 4) is 0 Å². The van der Waals surface area contributed by atoms with Gasteiger partial charge in [0.25, 0.3) is 0 Å². The molecule has 0 spiro atoms. The first kappa shape index (κ1) is 14.5. The smallest absolute Gasteiger partial charge is 0.241 e. The highest BCUT2D eigenvalue weighted by molar-refractivity contribution is 5.84. The molecule has 0 bridgehead atoms. The lowest BCUT2D eigenvalue weighted by molar-refractivity contribution is -0.133. The topological polar surface area (TPSA) is 41.6 Å². The number of ether oxygens (including phenoxy) is 1. The Labute approximate surface area is 105 Å². The van der Waals surface area contributed by atoms with Crippen molar-refractivity contribution < 1.29 is 9.53 Å². The summed E-state index contributed by atoms with van der Waals surface area (Å²) in [5, 5.41) is 3.43. The largest absolute Gasteiger partial charge is 0.385 e. The predicted molar refractivity (Wildman–Crippen MR) is 68.6 cm³/mol. The van der Waals surface area contributed by atoms with Crippen LogP contribution in [0.4, 0.5) is 0 Å². The molecule has 1 saturated heterocycles. The van der Waals surface area contributed by atoms with E-state index in [-0.39, 0.29) is 24.2 Å². The van der Waals surface area contributed by atoms with Crippen LogP contribution in [0, 0.1) is 5.92 Å². The monoisotopic (exact) mass is 242 g/mol. The number of methoxy groups -OCH3 is 1. The first-order valence-corrected chi connectivity index (χ1v) is 6.60. The van der Waals surface area contributed by atoms with Gasteiger partial charge in [-0.3, -0.25) is 10.1 Å². The first-order valence-electron chi connectivity index (χ1n) is 6.60. The van der Waals surface area contributed by atoms with Crippen LogP contribution >= 0.6 is 0 Å². The molecule has 0 aliphatic carbocycles. The Morgan fingerprint density at radius 2 is 2.06 bits per heavy atom. The molecule has 3 unspecified atom stereocenters. The minimum Gasteiger partial charge on any atom is -0.385 e. The van der Waals surface area contributed by atoms with Crippen LogP contribution in [0.25, 0.3) is 0 Å². The highest BCUT2D eigenvalue weighted by Crippen LogP contribution is 2.22. The summed E-state index contributed by atoms with van der Waals surface area (Å²) in [6, 6.07) is 0.216. The van der Waals surface area contributed by atoms with Gasteiger partial charge in [-0.05, 0) is 25.7 Å². The lowest BCUT2D eigenvalue weighted by atomic mass is 10.0. The third-order valence-electron chi connectivity index (χ3n) is 3.50. The van der Waals surface area contributed by atoms with Crippen LogP contribution in [0.5, 0.6) is 0 Å². The van der Waals surface area contributed by atoms with Gasteiger partial charge in [0.1, 0.15) is 0 Å². The molecule has 100 valence electrons. The third-order valence-corrected chi connectivity index (χ3v) is 3.50. The number of hydrogen-bond acceptors (Lipinski definition) is 3. The summed E-state index contributed by atoms with van der Waals surface area (Å²) >= 11 is 0. The highest BCUT2D eigenvalue weighted by Gasteiger charge is 2.41. The molecule has 1 aliphatic rings. The Hall–Kier alpha value is -0.610. The summed E-state index contributed by atoms with van der Waals surface area (Å²) in [5.74, 6) is 0.589. The zero-order valence-corrected chi connectivity index (χ0v) is 11.7. The summed E-state index contributed by atoms with van der Waals surface area (Å²) in [4.78, 5) is 14.3. The molecule has 1 amide bonds. The first-order chi connectivity index (χ1) is 8.02. The standard InChI is InChI=1S/C13H26N2O2/c1-6-11-14-12(9(2)3)13(16)15(11)10(4)7-8-17-5/h9-12,14H,6-8H2,1-5H3. The van der Waals surface area contributed by atoms with Crippen molar-refractivity contribution in [2.45, 2.75) is 58.8 Å². The number of hydrogen-bond donors (Lipinski definition) is 1. The van der Waals surface area contributed by atoms with Crippen LogP contribution in [0.15, 0.2) is 0 Å². The van der Waals surface area contributed by atoms with Gasteiger partial charge in [0.15, 0.2) is 0 Å². The molecule has 0 aromatic rings. The molecular formula is C13H26N2O2. The second-order valence-corrected chi connectivity index (χ2v) is 5.19. The fraction of sp³-hybridized carbons (Fsp3) is 0.923. The molecule has 1 N–H and O–H groups in total. The highest BCUT2D eigenvalue weighted by atomic mass is 16.5. The Morgan fingerprint density at radius 3 is 2.53 bits per heavy atom. The molecule has 17 heavy (non-hydrogen) atoms. The second kappa shape index (κ2) is 6.36. The van der Waals surface area contributed by atoms with Crippen LogP contribution in [0.2, 0.25) is 0 Å². The quantitative estimate of drug-likeness (QED) is 0.769. The average molecular weight is 242 g/mol. The Balaban J connectivity index is 2.71.